The Balaban J connectivity index is 3.03. The maximum atomic E-state index is 11.9. The zero-order valence-electron chi connectivity index (χ0n) is 13.5. The van der Waals surface area contributed by atoms with Crippen LogP contribution in [0.25, 0.3) is 0 Å². The van der Waals surface area contributed by atoms with Crippen molar-refractivity contribution in [1.29, 1.82) is 0 Å². The molecule has 0 spiro atoms. The number of ether oxygens (including phenoxy) is 2. The van der Waals surface area contributed by atoms with E-state index in [1.165, 1.54) is 6.20 Å². The van der Waals surface area contributed by atoms with Gasteiger partial charge < -0.3 is 14.8 Å². The van der Waals surface area contributed by atoms with Gasteiger partial charge in [-0.2, -0.15) is 0 Å². The van der Waals surface area contributed by atoms with Crippen molar-refractivity contribution < 1.29 is 19.1 Å². The van der Waals surface area contributed by atoms with E-state index >= 15 is 0 Å². The minimum atomic E-state index is -0.699. The molecule has 0 unspecified atom stereocenters. The Morgan fingerprint density at radius 2 is 1.64 bits per heavy atom. The van der Waals surface area contributed by atoms with Crippen LogP contribution in [0.3, 0.4) is 0 Å². The number of carbonyl (C=O) groups excluding carboxylic acids is 2. The van der Waals surface area contributed by atoms with E-state index in [4.69, 9.17) is 9.47 Å². The van der Waals surface area contributed by atoms with Crippen LogP contribution in [0.4, 0.5) is 5.69 Å². The van der Waals surface area contributed by atoms with Crippen LogP contribution in [-0.2, 0) is 19.1 Å². The van der Waals surface area contributed by atoms with Crippen LogP contribution in [0.5, 0.6) is 0 Å². The number of anilines is 1. The van der Waals surface area contributed by atoms with Gasteiger partial charge in [0.05, 0.1) is 13.2 Å². The third-order valence-corrected chi connectivity index (χ3v) is 2.95. The standard InChI is InChI=1S/C17H23NO4/c1-5-21-16(19)14(17(20)22-6-2)11-18-15-10-8-7-9-13(15)12(3)4/h7-12,18H,5-6H2,1-4H3. The molecule has 0 aliphatic rings. The molecule has 1 rings (SSSR count). The normalized spacial score (nSPS) is 10.0. The summed E-state index contributed by atoms with van der Waals surface area (Å²) in [5.41, 5.74) is 1.77. The van der Waals surface area contributed by atoms with Crippen LogP contribution in [0.15, 0.2) is 36.0 Å². The summed E-state index contributed by atoms with van der Waals surface area (Å²) in [4.78, 5) is 23.7. The molecule has 0 bridgehead atoms. The highest BCUT2D eigenvalue weighted by Gasteiger charge is 2.21. The second-order valence-corrected chi connectivity index (χ2v) is 4.89. The smallest absolute Gasteiger partial charge is 0.347 e. The topological polar surface area (TPSA) is 64.6 Å². The highest BCUT2D eigenvalue weighted by molar-refractivity contribution is 6.14. The van der Waals surface area contributed by atoms with Crippen molar-refractivity contribution in [2.24, 2.45) is 0 Å². The van der Waals surface area contributed by atoms with E-state index in [-0.39, 0.29) is 18.8 Å². The number of esters is 2. The van der Waals surface area contributed by atoms with Crippen LogP contribution in [0.1, 0.15) is 39.2 Å². The van der Waals surface area contributed by atoms with E-state index in [1.807, 2.05) is 24.3 Å². The predicted molar refractivity (Wildman–Crippen MR) is 85.5 cm³/mol. The van der Waals surface area contributed by atoms with E-state index in [0.29, 0.717) is 5.92 Å². The van der Waals surface area contributed by atoms with Gasteiger partial charge in [-0.05, 0) is 31.4 Å². The van der Waals surface area contributed by atoms with E-state index < -0.39 is 11.9 Å². The number of hydrogen-bond donors (Lipinski definition) is 1. The SMILES string of the molecule is CCOC(=O)C(=CNc1ccccc1C(C)C)C(=O)OCC. The van der Waals surface area contributed by atoms with Crippen LogP contribution in [0, 0.1) is 0 Å². The van der Waals surface area contributed by atoms with Crippen LogP contribution in [0.2, 0.25) is 0 Å². The number of carbonyl (C=O) groups is 2. The summed E-state index contributed by atoms with van der Waals surface area (Å²) in [6.45, 7) is 7.89. The highest BCUT2D eigenvalue weighted by Crippen LogP contribution is 2.23. The zero-order valence-corrected chi connectivity index (χ0v) is 13.5. The summed E-state index contributed by atoms with van der Waals surface area (Å²) in [5.74, 6) is -1.09. The summed E-state index contributed by atoms with van der Waals surface area (Å²) in [6, 6.07) is 7.72. The molecule has 22 heavy (non-hydrogen) atoms. The molecule has 1 N–H and O–H groups in total. The summed E-state index contributed by atoms with van der Waals surface area (Å²) >= 11 is 0. The molecule has 0 fully saturated rings. The number of benzene rings is 1. The molecular formula is C17H23NO4. The molecule has 0 saturated carbocycles. The fourth-order valence-corrected chi connectivity index (χ4v) is 1.90. The number of para-hydroxylation sites is 1. The van der Waals surface area contributed by atoms with Crippen molar-refractivity contribution in [3.05, 3.63) is 41.6 Å². The van der Waals surface area contributed by atoms with Crippen LogP contribution < -0.4 is 5.32 Å². The highest BCUT2D eigenvalue weighted by atomic mass is 16.6. The first-order valence-corrected chi connectivity index (χ1v) is 7.41. The second kappa shape index (κ2) is 8.87. The van der Waals surface area contributed by atoms with Crippen LogP contribution >= 0.6 is 0 Å². The molecule has 0 atom stereocenters. The Morgan fingerprint density at radius 1 is 1.09 bits per heavy atom. The summed E-state index contributed by atoms with van der Waals surface area (Å²) < 4.78 is 9.78. The van der Waals surface area contributed by atoms with Gasteiger partial charge in [-0.3, -0.25) is 0 Å². The van der Waals surface area contributed by atoms with Gasteiger partial charge in [0.1, 0.15) is 0 Å². The lowest BCUT2D eigenvalue weighted by Gasteiger charge is -2.13. The van der Waals surface area contributed by atoms with Crippen molar-refractivity contribution in [3.8, 4) is 0 Å². The second-order valence-electron chi connectivity index (χ2n) is 4.89. The van der Waals surface area contributed by atoms with Crippen molar-refractivity contribution in [2.75, 3.05) is 18.5 Å². The Morgan fingerprint density at radius 3 is 2.14 bits per heavy atom. The lowest BCUT2D eigenvalue weighted by Crippen LogP contribution is -2.19. The molecule has 5 nitrogen and oxygen atoms in total. The third-order valence-electron chi connectivity index (χ3n) is 2.95. The maximum Gasteiger partial charge on any atom is 0.347 e. The number of rotatable bonds is 7. The van der Waals surface area contributed by atoms with Crippen molar-refractivity contribution in [3.63, 3.8) is 0 Å². The summed E-state index contributed by atoms with van der Waals surface area (Å²) in [6.07, 6.45) is 1.34. The number of hydrogen-bond acceptors (Lipinski definition) is 5. The third kappa shape index (κ3) is 4.91. The molecule has 0 aliphatic heterocycles. The maximum absolute atomic E-state index is 11.9. The molecular weight excluding hydrogens is 282 g/mol. The van der Waals surface area contributed by atoms with Gasteiger partial charge in [0.2, 0.25) is 0 Å². The van der Waals surface area contributed by atoms with Gasteiger partial charge in [0, 0.05) is 11.9 Å². The van der Waals surface area contributed by atoms with E-state index in [2.05, 4.69) is 19.2 Å². The zero-order chi connectivity index (χ0) is 16.5. The molecule has 5 heteroatoms. The van der Waals surface area contributed by atoms with E-state index in [0.717, 1.165) is 11.3 Å². The molecule has 1 aromatic rings. The molecule has 0 aliphatic carbocycles. The van der Waals surface area contributed by atoms with Crippen LogP contribution in [-0.4, -0.2) is 25.2 Å². The lowest BCUT2D eigenvalue weighted by molar-refractivity contribution is -0.146. The van der Waals surface area contributed by atoms with Crippen molar-refractivity contribution >= 4 is 17.6 Å². The van der Waals surface area contributed by atoms with Gasteiger partial charge in [-0.1, -0.05) is 32.0 Å². The van der Waals surface area contributed by atoms with Gasteiger partial charge in [0.25, 0.3) is 0 Å². The molecule has 0 aromatic heterocycles. The first-order valence-electron chi connectivity index (χ1n) is 7.41. The molecule has 0 heterocycles. The van der Waals surface area contributed by atoms with E-state index in [1.54, 1.807) is 13.8 Å². The predicted octanol–water partition coefficient (Wildman–Crippen LogP) is 3.23. The molecule has 120 valence electrons. The molecule has 0 radical (unpaired) electrons. The van der Waals surface area contributed by atoms with Gasteiger partial charge in [0.15, 0.2) is 5.57 Å². The first-order chi connectivity index (χ1) is 10.5. The minimum Gasteiger partial charge on any atom is -0.462 e. The Labute approximate surface area is 131 Å². The average Bonchev–Trinajstić information content (AvgIpc) is 2.48. The summed E-state index contributed by atoms with van der Waals surface area (Å²) in [5, 5.41) is 3.01. The van der Waals surface area contributed by atoms with Gasteiger partial charge >= 0.3 is 11.9 Å². The Hall–Kier alpha value is -2.30. The molecule has 1 aromatic carbocycles. The Bertz CT molecular complexity index is 529. The fourth-order valence-electron chi connectivity index (χ4n) is 1.90. The largest absolute Gasteiger partial charge is 0.462 e. The Kier molecular flexibility index (Phi) is 7.16. The minimum absolute atomic E-state index is 0.151. The fraction of sp³-hybridized carbons (Fsp3) is 0.412. The molecule has 0 saturated heterocycles. The number of nitrogens with one attached hydrogen (secondary N) is 1. The quantitative estimate of drug-likeness (QED) is 0.362. The van der Waals surface area contributed by atoms with Crippen molar-refractivity contribution in [1.82, 2.24) is 0 Å². The monoisotopic (exact) mass is 305 g/mol. The summed E-state index contributed by atoms with van der Waals surface area (Å²) in [7, 11) is 0. The van der Waals surface area contributed by atoms with Crippen molar-refractivity contribution in [2.45, 2.75) is 33.6 Å². The molecule has 0 amide bonds. The van der Waals surface area contributed by atoms with Gasteiger partial charge in [-0.25, -0.2) is 9.59 Å². The average molecular weight is 305 g/mol. The van der Waals surface area contributed by atoms with Gasteiger partial charge in [-0.15, -0.1) is 0 Å². The lowest BCUT2D eigenvalue weighted by atomic mass is 10.0. The van der Waals surface area contributed by atoms with E-state index in [9.17, 15) is 9.59 Å². The first kappa shape index (κ1) is 17.8.